The van der Waals surface area contributed by atoms with Crippen molar-refractivity contribution < 1.29 is 4.79 Å². The van der Waals surface area contributed by atoms with Crippen LogP contribution in [0.2, 0.25) is 0 Å². The van der Waals surface area contributed by atoms with Crippen LogP contribution < -0.4 is 5.32 Å². The molecule has 0 radical (unpaired) electrons. The van der Waals surface area contributed by atoms with E-state index >= 15 is 0 Å². The second-order valence-corrected chi connectivity index (χ2v) is 7.82. The van der Waals surface area contributed by atoms with Crippen LogP contribution in [-0.2, 0) is 6.42 Å². The second kappa shape index (κ2) is 8.73. The number of anilines is 2. The number of piperidine rings is 2. The molecule has 3 heterocycles. The van der Waals surface area contributed by atoms with Gasteiger partial charge in [0, 0.05) is 24.8 Å². The average molecular weight is 383 g/mol. The van der Waals surface area contributed by atoms with Crippen molar-refractivity contribution in [1.82, 2.24) is 25.2 Å². The van der Waals surface area contributed by atoms with Gasteiger partial charge in [-0.2, -0.15) is 5.21 Å². The highest BCUT2D eigenvalue weighted by Crippen LogP contribution is 2.24. The molecule has 7 heteroatoms. The first-order valence-corrected chi connectivity index (χ1v) is 10.5. The smallest absolute Gasteiger partial charge is 0.278 e. The van der Waals surface area contributed by atoms with Crippen LogP contribution in [0, 0.1) is 0 Å². The summed E-state index contributed by atoms with van der Waals surface area (Å²) in [5, 5.41) is 14.1. The molecule has 0 unspecified atom stereocenters. The molecule has 2 N–H and O–H groups in total. The van der Waals surface area contributed by atoms with Gasteiger partial charge in [0.05, 0.1) is 0 Å². The zero-order valence-corrected chi connectivity index (χ0v) is 16.7. The van der Waals surface area contributed by atoms with E-state index in [1.807, 2.05) is 17.0 Å². The van der Waals surface area contributed by atoms with Gasteiger partial charge in [-0.3, -0.25) is 4.79 Å². The molecule has 28 heavy (non-hydrogen) atoms. The number of amides is 1. The van der Waals surface area contributed by atoms with E-state index in [2.05, 4.69) is 44.7 Å². The van der Waals surface area contributed by atoms with Crippen LogP contribution in [0.25, 0.3) is 0 Å². The minimum absolute atomic E-state index is 0.0430. The summed E-state index contributed by atoms with van der Waals surface area (Å²) in [5.41, 5.74) is 2.55. The van der Waals surface area contributed by atoms with Crippen molar-refractivity contribution in [3.8, 4) is 0 Å². The van der Waals surface area contributed by atoms with Crippen LogP contribution in [0.1, 0.15) is 55.1 Å². The lowest BCUT2D eigenvalue weighted by molar-refractivity contribution is 0.0585. The van der Waals surface area contributed by atoms with Crippen molar-refractivity contribution >= 4 is 17.4 Å². The largest absolute Gasteiger partial charge is 0.337 e. The molecule has 2 saturated heterocycles. The van der Waals surface area contributed by atoms with E-state index in [-0.39, 0.29) is 5.91 Å². The maximum atomic E-state index is 13.0. The van der Waals surface area contributed by atoms with Crippen molar-refractivity contribution in [2.45, 2.75) is 51.5 Å². The van der Waals surface area contributed by atoms with Crippen molar-refractivity contribution in [2.24, 2.45) is 0 Å². The molecule has 150 valence electrons. The molecule has 1 aromatic carbocycles. The number of likely N-dealkylation sites (tertiary alicyclic amines) is 2. The van der Waals surface area contributed by atoms with Crippen LogP contribution in [0.4, 0.5) is 11.5 Å². The molecule has 0 saturated carbocycles. The molecular weight excluding hydrogens is 352 g/mol. The van der Waals surface area contributed by atoms with Crippen molar-refractivity contribution in [1.29, 1.82) is 0 Å². The summed E-state index contributed by atoms with van der Waals surface area (Å²) in [6, 6.07) is 8.79. The van der Waals surface area contributed by atoms with Crippen LogP contribution in [0.3, 0.4) is 0 Å². The molecule has 2 aliphatic rings. The number of aryl methyl sites for hydroxylation is 1. The van der Waals surface area contributed by atoms with E-state index in [0.717, 1.165) is 38.0 Å². The van der Waals surface area contributed by atoms with Gasteiger partial charge in [-0.05, 0) is 62.9 Å². The number of carbonyl (C=O) groups excluding carboxylic acids is 1. The Labute approximate surface area is 166 Å². The van der Waals surface area contributed by atoms with E-state index < -0.39 is 0 Å². The van der Waals surface area contributed by atoms with E-state index in [4.69, 9.17) is 0 Å². The fraction of sp³-hybridized carbons (Fsp3) is 0.571. The third-order valence-corrected chi connectivity index (χ3v) is 6.03. The molecular formula is C21H30N6O. The third kappa shape index (κ3) is 4.19. The molecule has 0 spiro atoms. The fourth-order valence-corrected chi connectivity index (χ4v) is 4.30. The first-order chi connectivity index (χ1) is 13.7. The Morgan fingerprint density at radius 2 is 1.79 bits per heavy atom. The number of rotatable bonds is 5. The lowest BCUT2D eigenvalue weighted by Gasteiger charge is -2.40. The maximum Gasteiger partial charge on any atom is 0.278 e. The number of aromatic nitrogens is 3. The molecule has 4 rings (SSSR count). The van der Waals surface area contributed by atoms with Gasteiger partial charge in [0.2, 0.25) is 0 Å². The van der Waals surface area contributed by atoms with Gasteiger partial charge >= 0.3 is 0 Å². The Bertz CT molecular complexity index is 772. The standard InChI is InChI=1S/C21H30N6O/c1-2-16-6-8-17(9-7-16)22-20-19(23-25-24-20)21(28)27-14-10-18(11-15-27)26-12-4-3-5-13-26/h6-9,18H,2-5,10-15H2,1H3,(H2,22,23,24,25). The van der Waals surface area contributed by atoms with E-state index in [9.17, 15) is 4.79 Å². The summed E-state index contributed by atoms with van der Waals surface area (Å²) in [5.74, 6) is 0.450. The highest BCUT2D eigenvalue weighted by Gasteiger charge is 2.30. The zero-order chi connectivity index (χ0) is 19.3. The van der Waals surface area contributed by atoms with Crippen LogP contribution >= 0.6 is 0 Å². The highest BCUT2D eigenvalue weighted by molar-refractivity contribution is 5.97. The number of H-pyrrole nitrogens is 1. The molecule has 0 atom stereocenters. The van der Waals surface area contributed by atoms with E-state index in [1.54, 1.807) is 0 Å². The van der Waals surface area contributed by atoms with Gasteiger partial charge in [0.15, 0.2) is 11.5 Å². The SMILES string of the molecule is CCc1ccc(Nc2n[nH]nc2C(=O)N2CCC(N3CCCCC3)CC2)cc1. The van der Waals surface area contributed by atoms with Gasteiger partial charge in [-0.15, -0.1) is 10.2 Å². The first-order valence-electron chi connectivity index (χ1n) is 10.5. The monoisotopic (exact) mass is 382 g/mol. The Kier molecular flexibility index (Phi) is 5.90. The van der Waals surface area contributed by atoms with Crippen molar-refractivity contribution in [3.63, 3.8) is 0 Å². The fourth-order valence-electron chi connectivity index (χ4n) is 4.30. The predicted molar refractivity (Wildman–Crippen MR) is 110 cm³/mol. The lowest BCUT2D eigenvalue weighted by Crippen LogP contribution is -2.48. The van der Waals surface area contributed by atoms with Crippen molar-refractivity contribution in [3.05, 3.63) is 35.5 Å². The second-order valence-electron chi connectivity index (χ2n) is 7.82. The number of benzene rings is 1. The summed E-state index contributed by atoms with van der Waals surface area (Å²) in [7, 11) is 0. The summed E-state index contributed by atoms with van der Waals surface area (Å²) in [6.07, 6.45) is 7.08. The summed E-state index contributed by atoms with van der Waals surface area (Å²) in [6.45, 7) is 6.14. The Balaban J connectivity index is 1.37. The topological polar surface area (TPSA) is 77.1 Å². The minimum atomic E-state index is -0.0430. The molecule has 1 aromatic heterocycles. The van der Waals surface area contributed by atoms with Gasteiger partial charge in [-0.25, -0.2) is 0 Å². The first kappa shape index (κ1) is 18.9. The van der Waals surface area contributed by atoms with Gasteiger partial charge < -0.3 is 15.1 Å². The Morgan fingerprint density at radius 1 is 1.07 bits per heavy atom. The van der Waals surface area contributed by atoms with Gasteiger partial charge in [0.1, 0.15) is 0 Å². The quantitative estimate of drug-likeness (QED) is 0.830. The van der Waals surface area contributed by atoms with Gasteiger partial charge in [-0.1, -0.05) is 25.5 Å². The molecule has 0 aliphatic carbocycles. The van der Waals surface area contributed by atoms with Crippen LogP contribution in [0.5, 0.6) is 0 Å². The molecule has 1 amide bonds. The highest BCUT2D eigenvalue weighted by atomic mass is 16.2. The van der Waals surface area contributed by atoms with Crippen molar-refractivity contribution in [2.75, 3.05) is 31.5 Å². The Hall–Kier alpha value is -2.41. The molecule has 0 bridgehead atoms. The number of aromatic amines is 1. The molecule has 7 nitrogen and oxygen atoms in total. The predicted octanol–water partition coefficient (Wildman–Crippen LogP) is 3.20. The summed E-state index contributed by atoms with van der Waals surface area (Å²) >= 11 is 0. The summed E-state index contributed by atoms with van der Waals surface area (Å²) in [4.78, 5) is 17.5. The van der Waals surface area contributed by atoms with E-state index in [1.165, 1.54) is 37.9 Å². The number of hydrogen-bond donors (Lipinski definition) is 2. The zero-order valence-electron chi connectivity index (χ0n) is 16.7. The number of hydrogen-bond acceptors (Lipinski definition) is 5. The molecule has 2 aromatic rings. The normalized spacial score (nSPS) is 19.0. The van der Waals surface area contributed by atoms with Crippen LogP contribution in [-0.4, -0.2) is 63.3 Å². The molecule has 2 fully saturated rings. The number of nitrogens with zero attached hydrogens (tertiary/aromatic N) is 4. The number of carbonyl (C=O) groups is 1. The average Bonchev–Trinajstić information content (AvgIpc) is 3.22. The third-order valence-electron chi connectivity index (χ3n) is 6.03. The van der Waals surface area contributed by atoms with Crippen LogP contribution in [0.15, 0.2) is 24.3 Å². The lowest BCUT2D eigenvalue weighted by atomic mass is 9.99. The Morgan fingerprint density at radius 3 is 2.46 bits per heavy atom. The summed E-state index contributed by atoms with van der Waals surface area (Å²) < 4.78 is 0. The van der Waals surface area contributed by atoms with E-state index in [0.29, 0.717) is 17.6 Å². The molecule has 2 aliphatic heterocycles. The minimum Gasteiger partial charge on any atom is -0.337 e. The number of nitrogens with one attached hydrogen (secondary N) is 2. The maximum absolute atomic E-state index is 13.0. The van der Waals surface area contributed by atoms with Gasteiger partial charge in [0.25, 0.3) is 5.91 Å².